The van der Waals surface area contributed by atoms with Gasteiger partial charge in [-0.05, 0) is 47.9 Å². The number of amides is 1. The number of anilines is 1. The van der Waals surface area contributed by atoms with Crippen LogP contribution in [-0.2, 0) is 6.54 Å². The van der Waals surface area contributed by atoms with E-state index >= 15 is 0 Å². The molecule has 0 spiro atoms. The third-order valence-electron chi connectivity index (χ3n) is 4.89. The summed E-state index contributed by atoms with van der Waals surface area (Å²) in [5.74, 6) is 0.460. The van der Waals surface area contributed by atoms with E-state index in [2.05, 4.69) is 63.0 Å². The van der Waals surface area contributed by atoms with Gasteiger partial charge in [0.2, 0.25) is 0 Å². The fourth-order valence-corrected chi connectivity index (χ4v) is 3.68. The summed E-state index contributed by atoms with van der Waals surface area (Å²) in [6.45, 7) is 0.906. The van der Waals surface area contributed by atoms with Crippen LogP contribution in [0.5, 0.6) is 0 Å². The maximum atomic E-state index is 12.3. The van der Waals surface area contributed by atoms with Gasteiger partial charge in [-0.2, -0.15) is 0 Å². The molecule has 1 amide bonds. The summed E-state index contributed by atoms with van der Waals surface area (Å²) in [6.07, 6.45) is 1.16. The molecule has 0 aliphatic heterocycles. The molecule has 3 aromatic rings. The van der Waals surface area contributed by atoms with Crippen LogP contribution in [0.3, 0.4) is 0 Å². The Kier molecular flexibility index (Phi) is 5.37. The minimum absolute atomic E-state index is 0.0992. The van der Waals surface area contributed by atoms with Gasteiger partial charge in [-0.25, -0.2) is 0 Å². The fourth-order valence-electron chi connectivity index (χ4n) is 3.28. The van der Waals surface area contributed by atoms with E-state index < -0.39 is 0 Å². The van der Waals surface area contributed by atoms with E-state index in [0.717, 1.165) is 23.1 Å². The van der Waals surface area contributed by atoms with Gasteiger partial charge >= 0.3 is 0 Å². The monoisotopic (exact) mass is 420 g/mol. The number of carbonyl (C=O) groups is 1. The van der Waals surface area contributed by atoms with Crippen molar-refractivity contribution in [2.24, 2.45) is 0 Å². The highest BCUT2D eigenvalue weighted by Gasteiger charge is 2.37. The molecule has 2 N–H and O–H groups in total. The molecule has 3 aromatic carbocycles. The van der Waals surface area contributed by atoms with Gasteiger partial charge < -0.3 is 10.6 Å². The summed E-state index contributed by atoms with van der Waals surface area (Å²) in [5, 5.41) is 6.58. The van der Waals surface area contributed by atoms with Crippen LogP contribution in [0.15, 0.2) is 83.3 Å². The van der Waals surface area contributed by atoms with Crippen LogP contribution in [-0.4, -0.2) is 11.9 Å². The Bertz CT molecular complexity index is 925. The number of hydrogen-bond acceptors (Lipinski definition) is 2. The van der Waals surface area contributed by atoms with Crippen LogP contribution in [0.4, 0.5) is 5.69 Å². The number of benzene rings is 3. The van der Waals surface area contributed by atoms with Gasteiger partial charge in [0.15, 0.2) is 0 Å². The Labute approximate surface area is 167 Å². The summed E-state index contributed by atoms with van der Waals surface area (Å²) >= 11 is 3.40. The standard InChI is InChI=1S/C23H21BrN2O/c24-19-8-4-7-18(13-19)23(27)26-20-11-9-17(10-12-20)21-14-22(21)25-15-16-5-2-1-3-6-16/h1-13,21-22,25H,14-15H2,(H,26,27)/t21-,22+/m0/s1. The molecule has 4 rings (SSSR count). The van der Waals surface area contributed by atoms with Crippen LogP contribution in [0, 0.1) is 0 Å². The first-order chi connectivity index (χ1) is 13.2. The largest absolute Gasteiger partial charge is 0.322 e. The molecule has 0 saturated heterocycles. The Morgan fingerprint density at radius 2 is 1.74 bits per heavy atom. The molecule has 136 valence electrons. The second-order valence-corrected chi connectivity index (χ2v) is 7.82. The van der Waals surface area contributed by atoms with Gasteiger partial charge in [-0.15, -0.1) is 0 Å². The molecule has 1 saturated carbocycles. The van der Waals surface area contributed by atoms with Gasteiger partial charge in [-0.1, -0.05) is 64.5 Å². The van der Waals surface area contributed by atoms with Gasteiger partial charge in [0.05, 0.1) is 0 Å². The first-order valence-corrected chi connectivity index (χ1v) is 9.92. The lowest BCUT2D eigenvalue weighted by molar-refractivity contribution is 0.102. The summed E-state index contributed by atoms with van der Waals surface area (Å²) in [6, 6.07) is 26.6. The van der Waals surface area contributed by atoms with Gasteiger partial charge in [0, 0.05) is 34.2 Å². The zero-order valence-corrected chi connectivity index (χ0v) is 16.4. The lowest BCUT2D eigenvalue weighted by atomic mass is 10.1. The average molecular weight is 421 g/mol. The molecular weight excluding hydrogens is 400 g/mol. The van der Waals surface area contributed by atoms with Crippen LogP contribution in [0.25, 0.3) is 0 Å². The maximum Gasteiger partial charge on any atom is 0.255 e. The quantitative estimate of drug-likeness (QED) is 0.564. The third-order valence-corrected chi connectivity index (χ3v) is 5.38. The zero-order chi connectivity index (χ0) is 18.6. The molecule has 1 fully saturated rings. The first kappa shape index (κ1) is 18.0. The van der Waals surface area contributed by atoms with E-state index in [1.807, 2.05) is 42.5 Å². The maximum absolute atomic E-state index is 12.3. The molecule has 0 bridgehead atoms. The van der Waals surface area contributed by atoms with Gasteiger partial charge in [0.1, 0.15) is 0 Å². The van der Waals surface area contributed by atoms with Crippen molar-refractivity contribution in [2.75, 3.05) is 5.32 Å². The molecule has 4 heteroatoms. The second-order valence-electron chi connectivity index (χ2n) is 6.90. The van der Waals surface area contributed by atoms with E-state index in [9.17, 15) is 4.79 Å². The third kappa shape index (κ3) is 4.65. The highest BCUT2D eigenvalue weighted by atomic mass is 79.9. The van der Waals surface area contributed by atoms with Gasteiger partial charge in [0.25, 0.3) is 5.91 Å². The summed E-state index contributed by atoms with van der Waals surface area (Å²) in [5.41, 5.74) is 4.09. The van der Waals surface area contributed by atoms with Crippen molar-refractivity contribution in [3.8, 4) is 0 Å². The molecule has 3 nitrogen and oxygen atoms in total. The minimum Gasteiger partial charge on any atom is -0.322 e. The minimum atomic E-state index is -0.0992. The van der Waals surface area contributed by atoms with Crippen LogP contribution in [0.2, 0.25) is 0 Å². The highest BCUT2D eigenvalue weighted by Crippen LogP contribution is 2.41. The van der Waals surface area contributed by atoms with Crippen molar-refractivity contribution in [1.82, 2.24) is 5.32 Å². The molecule has 0 radical (unpaired) electrons. The summed E-state index contributed by atoms with van der Waals surface area (Å²) in [7, 11) is 0. The lowest BCUT2D eigenvalue weighted by Crippen LogP contribution is -2.17. The normalized spacial score (nSPS) is 18.1. The summed E-state index contributed by atoms with van der Waals surface area (Å²) in [4.78, 5) is 12.3. The Morgan fingerprint density at radius 1 is 0.963 bits per heavy atom. The van der Waals surface area contributed by atoms with E-state index in [1.54, 1.807) is 0 Å². The molecule has 1 aliphatic rings. The molecular formula is C23H21BrN2O. The van der Waals surface area contributed by atoms with Crippen molar-refractivity contribution in [1.29, 1.82) is 0 Å². The molecule has 0 aromatic heterocycles. The number of rotatable bonds is 6. The second kappa shape index (κ2) is 8.07. The number of halogens is 1. The predicted molar refractivity (Wildman–Crippen MR) is 113 cm³/mol. The van der Waals surface area contributed by atoms with Crippen molar-refractivity contribution >= 4 is 27.5 Å². The zero-order valence-electron chi connectivity index (χ0n) is 14.9. The first-order valence-electron chi connectivity index (χ1n) is 9.13. The SMILES string of the molecule is O=C(Nc1ccc([C@@H]2C[C@H]2NCc2ccccc2)cc1)c1cccc(Br)c1. The van der Waals surface area contributed by atoms with E-state index in [4.69, 9.17) is 0 Å². The topological polar surface area (TPSA) is 41.1 Å². The van der Waals surface area contributed by atoms with Gasteiger partial charge in [-0.3, -0.25) is 4.79 Å². The van der Waals surface area contributed by atoms with E-state index in [1.165, 1.54) is 11.1 Å². The van der Waals surface area contributed by atoms with Crippen molar-refractivity contribution in [3.05, 3.63) is 100 Å². The molecule has 0 unspecified atom stereocenters. The molecule has 1 aliphatic carbocycles. The molecule has 0 heterocycles. The molecule has 27 heavy (non-hydrogen) atoms. The number of carbonyl (C=O) groups excluding carboxylic acids is 1. The highest BCUT2D eigenvalue weighted by molar-refractivity contribution is 9.10. The van der Waals surface area contributed by atoms with Crippen LogP contribution < -0.4 is 10.6 Å². The van der Waals surface area contributed by atoms with E-state index in [0.29, 0.717) is 17.5 Å². The van der Waals surface area contributed by atoms with Crippen molar-refractivity contribution in [2.45, 2.75) is 24.9 Å². The smallest absolute Gasteiger partial charge is 0.255 e. The van der Waals surface area contributed by atoms with Crippen LogP contribution >= 0.6 is 15.9 Å². The number of hydrogen-bond donors (Lipinski definition) is 2. The fraction of sp³-hybridized carbons (Fsp3) is 0.174. The Morgan fingerprint density at radius 3 is 2.48 bits per heavy atom. The summed E-state index contributed by atoms with van der Waals surface area (Å²) < 4.78 is 0.897. The Balaban J connectivity index is 1.31. The number of nitrogens with one attached hydrogen (secondary N) is 2. The van der Waals surface area contributed by atoms with E-state index in [-0.39, 0.29) is 5.91 Å². The van der Waals surface area contributed by atoms with Crippen molar-refractivity contribution < 1.29 is 4.79 Å². The lowest BCUT2D eigenvalue weighted by Gasteiger charge is -2.08. The Hall–Kier alpha value is -2.43. The van der Waals surface area contributed by atoms with Crippen LogP contribution in [0.1, 0.15) is 33.8 Å². The average Bonchev–Trinajstić information content (AvgIpc) is 3.47. The molecule has 2 atom stereocenters. The van der Waals surface area contributed by atoms with Crippen molar-refractivity contribution in [3.63, 3.8) is 0 Å². The predicted octanol–water partition coefficient (Wildman–Crippen LogP) is 5.35.